The van der Waals surface area contributed by atoms with E-state index < -0.39 is 0 Å². The summed E-state index contributed by atoms with van der Waals surface area (Å²) in [5.74, 6) is 0.182. The van der Waals surface area contributed by atoms with Gasteiger partial charge in [-0.15, -0.1) is 0 Å². The maximum Gasteiger partial charge on any atom is 0.152 e. The molecule has 0 bridgehead atoms. The van der Waals surface area contributed by atoms with Crippen LogP contribution in [0.15, 0.2) is 0 Å². The van der Waals surface area contributed by atoms with Gasteiger partial charge in [-0.3, -0.25) is 4.79 Å². The molecule has 0 aliphatic rings. The molecule has 3 nitrogen and oxygen atoms in total. The minimum absolute atomic E-state index is 0.0442. The Morgan fingerprint density at radius 1 is 1.45 bits per heavy atom. The lowest BCUT2D eigenvalue weighted by molar-refractivity contribution is -0.123. The van der Waals surface area contributed by atoms with E-state index in [1.807, 2.05) is 13.8 Å². The van der Waals surface area contributed by atoms with Crippen LogP contribution in [0.5, 0.6) is 0 Å². The summed E-state index contributed by atoms with van der Waals surface area (Å²) < 4.78 is 0. The minimum atomic E-state index is -0.307. The fourth-order valence-corrected chi connectivity index (χ4v) is 0.908. The molecule has 0 spiro atoms. The van der Waals surface area contributed by atoms with Gasteiger partial charge in [-0.2, -0.15) is 0 Å². The lowest BCUT2D eigenvalue weighted by Gasteiger charge is -2.11. The molecular weight excluding hydrogens is 140 g/mol. The Bertz CT molecular complexity index is 123. The van der Waals surface area contributed by atoms with Gasteiger partial charge in [-0.25, -0.2) is 0 Å². The number of hydrogen-bond acceptors (Lipinski definition) is 3. The van der Waals surface area contributed by atoms with Crippen molar-refractivity contribution in [1.82, 2.24) is 0 Å². The summed E-state index contributed by atoms with van der Waals surface area (Å²) in [6, 6.07) is -0.307. The molecule has 0 radical (unpaired) electrons. The van der Waals surface area contributed by atoms with Gasteiger partial charge < -0.3 is 11.5 Å². The van der Waals surface area contributed by atoms with Gasteiger partial charge >= 0.3 is 0 Å². The van der Waals surface area contributed by atoms with Crippen molar-refractivity contribution in [3.05, 3.63) is 0 Å². The second-order valence-corrected chi connectivity index (χ2v) is 3.09. The number of rotatable bonds is 5. The molecule has 0 aromatic carbocycles. The normalized spacial score (nSPS) is 13.5. The second kappa shape index (κ2) is 5.27. The summed E-state index contributed by atoms with van der Waals surface area (Å²) in [6.07, 6.45) is 1.55. The Morgan fingerprint density at radius 2 is 2.00 bits per heavy atom. The molecule has 0 saturated heterocycles. The molecule has 0 rings (SSSR count). The maximum absolute atomic E-state index is 11.2. The molecule has 0 heterocycles. The Balaban J connectivity index is 3.64. The molecular formula is C8H18N2O. The van der Waals surface area contributed by atoms with Crippen LogP contribution in [-0.2, 0) is 4.79 Å². The monoisotopic (exact) mass is 158 g/mol. The zero-order valence-electron chi connectivity index (χ0n) is 7.34. The van der Waals surface area contributed by atoms with Crippen LogP contribution >= 0.6 is 0 Å². The zero-order chi connectivity index (χ0) is 8.85. The van der Waals surface area contributed by atoms with Crippen molar-refractivity contribution in [3.63, 3.8) is 0 Å². The number of nitrogens with two attached hydrogens (primary N) is 2. The first kappa shape index (κ1) is 10.6. The third-order valence-electron chi connectivity index (χ3n) is 1.65. The summed E-state index contributed by atoms with van der Waals surface area (Å²) in [5.41, 5.74) is 10.9. The summed E-state index contributed by atoms with van der Waals surface area (Å²) in [4.78, 5) is 11.2. The smallest absolute Gasteiger partial charge is 0.152 e. The van der Waals surface area contributed by atoms with E-state index in [0.717, 1.165) is 6.42 Å². The minimum Gasteiger partial charge on any atom is -0.330 e. The standard InChI is InChI=1S/C8H18N2O/c1-6(2)8(11)7(10)4-3-5-9/h6-7H,3-5,9-10H2,1-2H3/t7-/m0/s1. The average Bonchev–Trinajstić information content (AvgIpc) is 1.98. The highest BCUT2D eigenvalue weighted by Crippen LogP contribution is 2.02. The predicted octanol–water partition coefficient (Wildman–Crippen LogP) is 0.278. The lowest BCUT2D eigenvalue weighted by Crippen LogP contribution is -2.34. The molecule has 0 amide bonds. The van der Waals surface area contributed by atoms with Crippen LogP contribution in [0.25, 0.3) is 0 Å². The molecule has 1 atom stereocenters. The lowest BCUT2D eigenvalue weighted by atomic mass is 9.99. The Kier molecular flexibility index (Phi) is 5.07. The molecule has 0 aliphatic heterocycles. The van der Waals surface area contributed by atoms with Gasteiger partial charge in [0.05, 0.1) is 6.04 Å². The van der Waals surface area contributed by atoms with Crippen LogP contribution < -0.4 is 11.5 Å². The molecule has 3 heteroatoms. The van der Waals surface area contributed by atoms with Gasteiger partial charge in [0.15, 0.2) is 5.78 Å². The van der Waals surface area contributed by atoms with Crippen LogP contribution in [0.4, 0.5) is 0 Å². The molecule has 0 aromatic rings. The van der Waals surface area contributed by atoms with Crippen molar-refractivity contribution < 1.29 is 4.79 Å². The van der Waals surface area contributed by atoms with E-state index in [0.29, 0.717) is 13.0 Å². The van der Waals surface area contributed by atoms with Gasteiger partial charge in [-0.05, 0) is 19.4 Å². The summed E-state index contributed by atoms with van der Waals surface area (Å²) >= 11 is 0. The van der Waals surface area contributed by atoms with E-state index in [4.69, 9.17) is 11.5 Å². The van der Waals surface area contributed by atoms with Crippen LogP contribution in [0.2, 0.25) is 0 Å². The first-order valence-corrected chi connectivity index (χ1v) is 4.09. The molecule has 11 heavy (non-hydrogen) atoms. The van der Waals surface area contributed by atoms with Gasteiger partial charge in [0, 0.05) is 5.92 Å². The molecule has 0 saturated carbocycles. The van der Waals surface area contributed by atoms with Gasteiger partial charge in [0.2, 0.25) is 0 Å². The summed E-state index contributed by atoms with van der Waals surface area (Å²) in [6.45, 7) is 4.34. The molecule has 0 aliphatic carbocycles. The summed E-state index contributed by atoms with van der Waals surface area (Å²) in [7, 11) is 0. The van der Waals surface area contributed by atoms with Crippen LogP contribution in [-0.4, -0.2) is 18.4 Å². The molecule has 66 valence electrons. The number of Topliss-reactive ketones (excluding diaryl/α,β-unsaturated/α-hetero) is 1. The van der Waals surface area contributed by atoms with E-state index in [1.54, 1.807) is 0 Å². The third-order valence-corrected chi connectivity index (χ3v) is 1.65. The molecule has 0 fully saturated rings. The van der Waals surface area contributed by atoms with Crippen LogP contribution in [0.1, 0.15) is 26.7 Å². The zero-order valence-corrected chi connectivity index (χ0v) is 7.34. The number of hydrogen-bond donors (Lipinski definition) is 2. The average molecular weight is 158 g/mol. The van der Waals surface area contributed by atoms with E-state index >= 15 is 0 Å². The van der Waals surface area contributed by atoms with E-state index in [2.05, 4.69) is 0 Å². The first-order valence-electron chi connectivity index (χ1n) is 4.09. The number of carbonyl (C=O) groups is 1. The van der Waals surface area contributed by atoms with E-state index in [9.17, 15) is 4.79 Å². The van der Waals surface area contributed by atoms with Crippen LogP contribution in [0, 0.1) is 5.92 Å². The highest BCUT2D eigenvalue weighted by atomic mass is 16.1. The van der Waals surface area contributed by atoms with Crippen LogP contribution in [0.3, 0.4) is 0 Å². The number of ketones is 1. The molecule has 0 unspecified atom stereocenters. The third kappa shape index (κ3) is 4.11. The summed E-state index contributed by atoms with van der Waals surface area (Å²) in [5, 5.41) is 0. The molecule has 0 aromatic heterocycles. The van der Waals surface area contributed by atoms with Crippen molar-refractivity contribution in [2.75, 3.05) is 6.54 Å². The number of carbonyl (C=O) groups excluding carboxylic acids is 1. The Hall–Kier alpha value is -0.410. The first-order chi connectivity index (χ1) is 5.09. The van der Waals surface area contributed by atoms with Crippen molar-refractivity contribution >= 4 is 5.78 Å². The maximum atomic E-state index is 11.2. The van der Waals surface area contributed by atoms with Crippen molar-refractivity contribution in [2.24, 2.45) is 17.4 Å². The van der Waals surface area contributed by atoms with Crippen molar-refractivity contribution in [1.29, 1.82) is 0 Å². The van der Waals surface area contributed by atoms with Gasteiger partial charge in [-0.1, -0.05) is 13.8 Å². The second-order valence-electron chi connectivity index (χ2n) is 3.09. The van der Waals surface area contributed by atoms with Crippen molar-refractivity contribution in [2.45, 2.75) is 32.7 Å². The van der Waals surface area contributed by atoms with E-state index in [-0.39, 0.29) is 17.7 Å². The highest BCUT2D eigenvalue weighted by molar-refractivity contribution is 5.85. The van der Waals surface area contributed by atoms with Gasteiger partial charge in [0.25, 0.3) is 0 Å². The Morgan fingerprint density at radius 3 is 2.36 bits per heavy atom. The quantitative estimate of drug-likeness (QED) is 0.603. The predicted molar refractivity (Wildman–Crippen MR) is 46.1 cm³/mol. The molecule has 4 N–H and O–H groups in total. The van der Waals surface area contributed by atoms with Gasteiger partial charge in [0.1, 0.15) is 0 Å². The fourth-order valence-electron chi connectivity index (χ4n) is 0.908. The van der Waals surface area contributed by atoms with Crippen molar-refractivity contribution in [3.8, 4) is 0 Å². The highest BCUT2D eigenvalue weighted by Gasteiger charge is 2.15. The SMILES string of the molecule is CC(C)C(=O)[C@@H](N)CCCN. The fraction of sp³-hybridized carbons (Fsp3) is 0.875. The largest absolute Gasteiger partial charge is 0.330 e. The Labute approximate surface area is 68.1 Å². The van der Waals surface area contributed by atoms with E-state index in [1.165, 1.54) is 0 Å². The topological polar surface area (TPSA) is 69.1 Å².